The molecule has 1 atom stereocenters. The van der Waals surface area contributed by atoms with Crippen LogP contribution >= 0.6 is 0 Å². The second-order valence-electron chi connectivity index (χ2n) is 5.89. The molecular weight excluding hydrogens is 321 g/mol. The van der Waals surface area contributed by atoms with E-state index in [0.717, 1.165) is 5.82 Å². The van der Waals surface area contributed by atoms with Crippen molar-refractivity contribution in [3.05, 3.63) is 59.5 Å². The zero-order chi connectivity index (χ0) is 17.8. The third-order valence-electron chi connectivity index (χ3n) is 4.33. The smallest absolute Gasteiger partial charge is 0.239 e. The van der Waals surface area contributed by atoms with E-state index in [-0.39, 0.29) is 5.82 Å². The Bertz CT molecular complexity index is 794. The number of carbonyl (C=O) groups is 1. The molecule has 0 aliphatic carbocycles. The van der Waals surface area contributed by atoms with Crippen molar-refractivity contribution in [1.29, 1.82) is 5.26 Å². The van der Waals surface area contributed by atoms with Crippen molar-refractivity contribution in [2.75, 3.05) is 31.1 Å². The number of primary amides is 1. The van der Waals surface area contributed by atoms with Crippen LogP contribution in [0.4, 0.5) is 10.2 Å². The Kier molecular flexibility index (Phi) is 4.91. The zero-order valence-corrected chi connectivity index (χ0v) is 13.6. The molecule has 2 N–H and O–H groups in total. The number of hydrogen-bond acceptors (Lipinski definition) is 5. The van der Waals surface area contributed by atoms with E-state index in [9.17, 15) is 9.18 Å². The number of rotatable bonds is 4. The molecule has 1 aromatic carbocycles. The fourth-order valence-corrected chi connectivity index (χ4v) is 3.07. The Hall–Kier alpha value is -2.98. The van der Waals surface area contributed by atoms with Crippen molar-refractivity contribution >= 4 is 11.7 Å². The summed E-state index contributed by atoms with van der Waals surface area (Å²) in [5, 5.41) is 9.00. The number of nitrogens with zero attached hydrogens (tertiary/aromatic N) is 4. The molecule has 3 rings (SSSR count). The normalized spacial score (nSPS) is 16.2. The highest BCUT2D eigenvalue weighted by Crippen LogP contribution is 2.24. The summed E-state index contributed by atoms with van der Waals surface area (Å²) in [5.41, 5.74) is 6.84. The van der Waals surface area contributed by atoms with Gasteiger partial charge in [0.1, 0.15) is 17.7 Å². The summed E-state index contributed by atoms with van der Waals surface area (Å²) in [4.78, 5) is 20.3. The Balaban J connectivity index is 1.72. The molecule has 25 heavy (non-hydrogen) atoms. The van der Waals surface area contributed by atoms with Gasteiger partial charge >= 0.3 is 0 Å². The molecule has 0 spiro atoms. The van der Waals surface area contributed by atoms with E-state index in [1.165, 1.54) is 12.1 Å². The number of carbonyl (C=O) groups excluding carboxylic acids is 1. The molecule has 1 unspecified atom stereocenters. The summed E-state index contributed by atoms with van der Waals surface area (Å²) in [5.74, 6) is -0.0546. The number of piperazine rings is 1. The molecule has 1 aliphatic heterocycles. The summed E-state index contributed by atoms with van der Waals surface area (Å²) >= 11 is 0. The van der Waals surface area contributed by atoms with Crippen molar-refractivity contribution < 1.29 is 9.18 Å². The molecule has 1 amide bonds. The summed E-state index contributed by atoms with van der Waals surface area (Å²) in [6.07, 6.45) is 1.62. The zero-order valence-electron chi connectivity index (χ0n) is 13.6. The van der Waals surface area contributed by atoms with E-state index in [4.69, 9.17) is 11.0 Å². The molecule has 0 bridgehead atoms. The topological polar surface area (TPSA) is 86.2 Å². The van der Waals surface area contributed by atoms with Crippen molar-refractivity contribution in [2.24, 2.45) is 5.73 Å². The SMILES string of the molecule is N#Cc1ccnc(N2CCN(C(C(N)=O)c3ccc(F)cc3)CC2)c1. The van der Waals surface area contributed by atoms with Gasteiger partial charge in [-0.15, -0.1) is 0 Å². The molecule has 7 heteroatoms. The number of nitrogens with two attached hydrogens (primary N) is 1. The first-order valence-electron chi connectivity index (χ1n) is 7.98. The number of halogens is 1. The fourth-order valence-electron chi connectivity index (χ4n) is 3.07. The van der Waals surface area contributed by atoms with Gasteiger partial charge in [0.25, 0.3) is 0 Å². The van der Waals surface area contributed by atoms with E-state index in [1.54, 1.807) is 30.5 Å². The lowest BCUT2D eigenvalue weighted by Crippen LogP contribution is -2.50. The van der Waals surface area contributed by atoms with E-state index in [1.807, 2.05) is 4.90 Å². The summed E-state index contributed by atoms with van der Waals surface area (Å²) < 4.78 is 13.1. The third-order valence-corrected chi connectivity index (χ3v) is 4.33. The highest BCUT2D eigenvalue weighted by Gasteiger charge is 2.29. The van der Waals surface area contributed by atoms with Gasteiger partial charge in [-0.3, -0.25) is 9.69 Å². The quantitative estimate of drug-likeness (QED) is 0.911. The van der Waals surface area contributed by atoms with Crippen LogP contribution < -0.4 is 10.6 Å². The summed E-state index contributed by atoms with van der Waals surface area (Å²) in [7, 11) is 0. The second-order valence-corrected chi connectivity index (χ2v) is 5.89. The molecule has 2 aromatic rings. The van der Waals surface area contributed by atoms with E-state index >= 15 is 0 Å². The monoisotopic (exact) mass is 339 g/mol. The van der Waals surface area contributed by atoms with E-state index < -0.39 is 11.9 Å². The van der Waals surface area contributed by atoms with Crippen LogP contribution in [0.5, 0.6) is 0 Å². The molecule has 0 saturated carbocycles. The van der Waals surface area contributed by atoms with Gasteiger partial charge in [-0.05, 0) is 29.8 Å². The third kappa shape index (κ3) is 3.75. The number of hydrogen-bond donors (Lipinski definition) is 1. The molecule has 6 nitrogen and oxygen atoms in total. The van der Waals surface area contributed by atoms with Crippen molar-refractivity contribution in [2.45, 2.75) is 6.04 Å². The van der Waals surface area contributed by atoms with Crippen LogP contribution in [0.15, 0.2) is 42.6 Å². The predicted molar refractivity (Wildman–Crippen MR) is 91.1 cm³/mol. The van der Waals surface area contributed by atoms with Crippen molar-refractivity contribution in [3.63, 3.8) is 0 Å². The Morgan fingerprint density at radius 2 is 1.88 bits per heavy atom. The molecule has 128 valence electrons. The minimum absolute atomic E-state index is 0.347. The van der Waals surface area contributed by atoms with Crippen LogP contribution in [0.25, 0.3) is 0 Å². The van der Waals surface area contributed by atoms with Crippen LogP contribution in [0.3, 0.4) is 0 Å². The number of pyridine rings is 1. The summed E-state index contributed by atoms with van der Waals surface area (Å²) in [6, 6.07) is 10.8. The first-order chi connectivity index (χ1) is 12.1. The van der Waals surface area contributed by atoms with Gasteiger partial charge in [-0.25, -0.2) is 9.37 Å². The number of benzene rings is 1. The predicted octanol–water partition coefficient (Wildman–Crippen LogP) is 1.44. The number of nitriles is 1. The van der Waals surface area contributed by atoms with Gasteiger partial charge in [-0.2, -0.15) is 5.26 Å². The van der Waals surface area contributed by atoms with Gasteiger partial charge in [-0.1, -0.05) is 12.1 Å². The molecule has 0 radical (unpaired) electrons. The molecule has 1 aromatic heterocycles. The molecular formula is C18H18FN5O. The average Bonchev–Trinajstić information content (AvgIpc) is 2.64. The van der Waals surface area contributed by atoms with Crippen LogP contribution in [-0.4, -0.2) is 42.0 Å². The molecule has 1 aliphatic rings. The number of amides is 1. The standard InChI is InChI=1S/C18H18FN5O/c19-15-3-1-14(2-4-15)17(18(21)25)24-9-7-23(8-10-24)16-11-13(12-20)5-6-22-16/h1-6,11,17H,7-10H2,(H2,21,25). The van der Waals surface area contributed by atoms with Crippen LogP contribution in [-0.2, 0) is 4.79 Å². The number of aromatic nitrogens is 1. The lowest BCUT2D eigenvalue weighted by atomic mass is 10.0. The maximum atomic E-state index is 13.1. The lowest BCUT2D eigenvalue weighted by molar-refractivity contribution is -0.123. The van der Waals surface area contributed by atoms with Gasteiger partial charge in [0, 0.05) is 32.4 Å². The lowest BCUT2D eigenvalue weighted by Gasteiger charge is -2.38. The van der Waals surface area contributed by atoms with Crippen LogP contribution in [0.1, 0.15) is 17.2 Å². The van der Waals surface area contributed by atoms with Gasteiger partial charge < -0.3 is 10.6 Å². The van der Waals surface area contributed by atoms with Gasteiger partial charge in [0.2, 0.25) is 5.91 Å². The first kappa shape index (κ1) is 16.9. The highest BCUT2D eigenvalue weighted by molar-refractivity contribution is 5.81. The molecule has 1 saturated heterocycles. The Morgan fingerprint density at radius 1 is 1.20 bits per heavy atom. The van der Waals surface area contributed by atoms with E-state index in [2.05, 4.69) is 16.0 Å². The molecule has 2 heterocycles. The van der Waals surface area contributed by atoms with Crippen LogP contribution in [0, 0.1) is 17.1 Å². The largest absolute Gasteiger partial charge is 0.368 e. The van der Waals surface area contributed by atoms with Gasteiger partial charge in [0.05, 0.1) is 11.6 Å². The first-order valence-corrected chi connectivity index (χ1v) is 7.98. The minimum atomic E-state index is -0.582. The Labute approximate surface area is 145 Å². The highest BCUT2D eigenvalue weighted by atomic mass is 19.1. The maximum absolute atomic E-state index is 13.1. The Morgan fingerprint density at radius 3 is 2.48 bits per heavy atom. The van der Waals surface area contributed by atoms with E-state index in [0.29, 0.717) is 37.3 Å². The average molecular weight is 339 g/mol. The second kappa shape index (κ2) is 7.28. The van der Waals surface area contributed by atoms with Gasteiger partial charge in [0.15, 0.2) is 0 Å². The fraction of sp³-hybridized carbons (Fsp3) is 0.278. The summed E-state index contributed by atoms with van der Waals surface area (Å²) in [6.45, 7) is 2.55. The minimum Gasteiger partial charge on any atom is -0.368 e. The number of anilines is 1. The maximum Gasteiger partial charge on any atom is 0.239 e. The van der Waals surface area contributed by atoms with Crippen molar-refractivity contribution in [1.82, 2.24) is 9.88 Å². The van der Waals surface area contributed by atoms with Crippen molar-refractivity contribution in [3.8, 4) is 6.07 Å². The van der Waals surface area contributed by atoms with Crippen LogP contribution in [0.2, 0.25) is 0 Å². The molecule has 1 fully saturated rings.